The van der Waals surface area contributed by atoms with E-state index >= 15 is 0 Å². The van der Waals surface area contributed by atoms with Crippen LogP contribution in [0.15, 0.2) is 4.99 Å². The van der Waals surface area contributed by atoms with Gasteiger partial charge in [-0.25, -0.2) is 0 Å². The molecule has 0 spiro atoms. The van der Waals surface area contributed by atoms with Crippen molar-refractivity contribution < 1.29 is 4.79 Å². The van der Waals surface area contributed by atoms with E-state index in [1.54, 1.807) is 6.92 Å². The van der Waals surface area contributed by atoms with Crippen LogP contribution in [0.3, 0.4) is 0 Å². The summed E-state index contributed by atoms with van der Waals surface area (Å²) in [6.45, 7) is 12.0. The molecule has 0 aliphatic heterocycles. The number of Topliss-reactive ketones (excluding diaryl/α,β-unsaturated/α-hetero) is 1. The molecule has 0 fully saturated rings. The lowest BCUT2D eigenvalue weighted by Gasteiger charge is -2.25. The van der Waals surface area contributed by atoms with Crippen molar-refractivity contribution in [3.8, 4) is 0 Å². The number of carbonyl (C=O) groups is 1. The van der Waals surface area contributed by atoms with Gasteiger partial charge < -0.3 is 0 Å². The van der Waals surface area contributed by atoms with Gasteiger partial charge in [0, 0.05) is 12.3 Å². The van der Waals surface area contributed by atoms with Gasteiger partial charge in [0.1, 0.15) is 5.78 Å². The quantitative estimate of drug-likeness (QED) is 0.637. The highest BCUT2D eigenvalue weighted by atomic mass is 16.1. The molecule has 0 bridgehead atoms. The van der Waals surface area contributed by atoms with Crippen molar-refractivity contribution in [2.45, 2.75) is 54.0 Å². The minimum atomic E-state index is -0.0588. The Hall–Kier alpha value is -0.660. The highest BCUT2D eigenvalue weighted by molar-refractivity contribution is 5.94. The zero-order chi connectivity index (χ0) is 11.4. The molecule has 2 nitrogen and oxygen atoms in total. The van der Waals surface area contributed by atoms with Crippen LogP contribution in [0.5, 0.6) is 0 Å². The second-order valence-corrected chi connectivity index (χ2v) is 5.01. The largest absolute Gasteiger partial charge is 0.299 e. The third-order valence-corrected chi connectivity index (χ3v) is 2.45. The fourth-order valence-electron chi connectivity index (χ4n) is 1.28. The summed E-state index contributed by atoms with van der Waals surface area (Å²) in [5.74, 6) is 0.140. The Bertz CT molecular complexity index is 213. The Morgan fingerprint density at radius 1 is 1.43 bits per heavy atom. The van der Waals surface area contributed by atoms with Gasteiger partial charge in [-0.05, 0) is 25.7 Å². The second-order valence-electron chi connectivity index (χ2n) is 5.01. The smallest absolute Gasteiger partial charge is 0.138 e. The van der Waals surface area contributed by atoms with Gasteiger partial charge in [-0.15, -0.1) is 0 Å². The molecule has 0 aromatic heterocycles. The predicted octanol–water partition coefficient (Wildman–Crippen LogP) is 3.11. The Morgan fingerprint density at radius 3 is 2.21 bits per heavy atom. The molecule has 0 amide bonds. The average Bonchev–Trinajstić information content (AvgIpc) is 2.01. The summed E-state index contributed by atoms with van der Waals surface area (Å²) < 4.78 is 0. The molecule has 0 aliphatic rings. The summed E-state index contributed by atoms with van der Waals surface area (Å²) in [5.41, 5.74) is -0.0250. The van der Waals surface area contributed by atoms with Crippen molar-refractivity contribution >= 4 is 12.0 Å². The molecular weight excluding hydrogens is 174 g/mol. The number of ketones is 1. The monoisotopic (exact) mass is 197 g/mol. The van der Waals surface area contributed by atoms with Crippen molar-refractivity contribution in [2.75, 3.05) is 0 Å². The summed E-state index contributed by atoms with van der Waals surface area (Å²) in [6, 6.07) is 0.319. The van der Waals surface area contributed by atoms with Crippen LogP contribution in [0.25, 0.3) is 0 Å². The molecule has 82 valence electrons. The van der Waals surface area contributed by atoms with Gasteiger partial charge in [-0.1, -0.05) is 27.7 Å². The van der Waals surface area contributed by atoms with Crippen LogP contribution in [0.2, 0.25) is 0 Å². The first kappa shape index (κ1) is 13.3. The van der Waals surface area contributed by atoms with Crippen LogP contribution in [0.4, 0.5) is 0 Å². The van der Waals surface area contributed by atoms with E-state index in [9.17, 15) is 4.79 Å². The molecule has 0 saturated carbocycles. The number of nitrogens with zero attached hydrogens (tertiary/aromatic N) is 1. The first-order valence-electron chi connectivity index (χ1n) is 5.32. The molecule has 0 aromatic rings. The van der Waals surface area contributed by atoms with Gasteiger partial charge >= 0.3 is 0 Å². The van der Waals surface area contributed by atoms with E-state index in [1.165, 1.54) is 0 Å². The molecule has 1 unspecified atom stereocenters. The average molecular weight is 197 g/mol. The van der Waals surface area contributed by atoms with Gasteiger partial charge in [-0.3, -0.25) is 9.79 Å². The number of hydrogen-bond donors (Lipinski definition) is 0. The zero-order valence-corrected chi connectivity index (χ0v) is 10.3. The van der Waals surface area contributed by atoms with E-state index < -0.39 is 0 Å². The number of rotatable bonds is 4. The van der Waals surface area contributed by atoms with Crippen molar-refractivity contribution in [1.29, 1.82) is 0 Å². The first-order chi connectivity index (χ1) is 6.29. The van der Waals surface area contributed by atoms with Crippen LogP contribution < -0.4 is 0 Å². The van der Waals surface area contributed by atoms with E-state index in [2.05, 4.69) is 39.6 Å². The standard InChI is InChI=1S/C12H23NO/c1-7-9(2)13-8-11(10(3)14)12(4,5)6/h8-9,11H,7H2,1-6H3/b13-8-/t9?,11-/m1/s1. The Labute approximate surface area is 87.8 Å². The highest BCUT2D eigenvalue weighted by Gasteiger charge is 2.26. The molecule has 0 radical (unpaired) electrons. The zero-order valence-electron chi connectivity index (χ0n) is 10.3. The van der Waals surface area contributed by atoms with E-state index in [4.69, 9.17) is 0 Å². The summed E-state index contributed by atoms with van der Waals surface area (Å²) in [7, 11) is 0. The third kappa shape index (κ3) is 4.54. The summed E-state index contributed by atoms with van der Waals surface area (Å²) in [5, 5.41) is 0. The minimum Gasteiger partial charge on any atom is -0.299 e. The summed E-state index contributed by atoms with van der Waals surface area (Å²) >= 11 is 0. The SMILES string of the molecule is CCC(C)/N=C\[C@H](C(C)=O)C(C)(C)C. The maximum absolute atomic E-state index is 11.4. The van der Waals surface area contributed by atoms with E-state index in [0.717, 1.165) is 6.42 Å². The molecular formula is C12H23NO. The lowest BCUT2D eigenvalue weighted by atomic mass is 9.79. The van der Waals surface area contributed by atoms with E-state index in [1.807, 2.05) is 6.21 Å². The Kier molecular flexibility index (Phi) is 5.03. The molecule has 0 aromatic carbocycles. The molecule has 0 N–H and O–H groups in total. The normalized spacial score (nSPS) is 17.0. The van der Waals surface area contributed by atoms with Crippen molar-refractivity contribution in [1.82, 2.24) is 0 Å². The minimum absolute atomic E-state index is 0.0250. The Balaban J connectivity index is 4.55. The van der Waals surface area contributed by atoms with Gasteiger partial charge in [-0.2, -0.15) is 0 Å². The van der Waals surface area contributed by atoms with Gasteiger partial charge in [0.2, 0.25) is 0 Å². The van der Waals surface area contributed by atoms with Crippen LogP contribution >= 0.6 is 0 Å². The lowest BCUT2D eigenvalue weighted by molar-refractivity contribution is -0.121. The topological polar surface area (TPSA) is 29.4 Å². The van der Waals surface area contributed by atoms with Crippen LogP contribution in [0, 0.1) is 11.3 Å². The molecule has 0 heterocycles. The fraction of sp³-hybridized carbons (Fsp3) is 0.833. The number of aliphatic imine (C=N–C) groups is 1. The molecule has 2 atom stereocenters. The van der Waals surface area contributed by atoms with Gasteiger partial charge in [0.25, 0.3) is 0 Å². The van der Waals surface area contributed by atoms with Crippen molar-refractivity contribution in [2.24, 2.45) is 16.3 Å². The Morgan fingerprint density at radius 2 is 1.93 bits per heavy atom. The second kappa shape index (κ2) is 5.28. The fourth-order valence-corrected chi connectivity index (χ4v) is 1.28. The van der Waals surface area contributed by atoms with E-state index in [-0.39, 0.29) is 17.1 Å². The van der Waals surface area contributed by atoms with Crippen LogP contribution in [0.1, 0.15) is 48.0 Å². The van der Waals surface area contributed by atoms with Crippen LogP contribution in [-0.2, 0) is 4.79 Å². The lowest BCUT2D eigenvalue weighted by Crippen LogP contribution is -2.28. The van der Waals surface area contributed by atoms with E-state index in [0.29, 0.717) is 6.04 Å². The third-order valence-electron chi connectivity index (χ3n) is 2.45. The highest BCUT2D eigenvalue weighted by Crippen LogP contribution is 2.25. The summed E-state index contributed by atoms with van der Waals surface area (Å²) in [6.07, 6.45) is 2.85. The molecule has 0 rings (SSSR count). The summed E-state index contributed by atoms with van der Waals surface area (Å²) in [4.78, 5) is 15.8. The van der Waals surface area contributed by atoms with Gasteiger partial charge in [0.15, 0.2) is 0 Å². The molecule has 14 heavy (non-hydrogen) atoms. The first-order valence-corrected chi connectivity index (χ1v) is 5.32. The molecule has 0 saturated heterocycles. The maximum Gasteiger partial charge on any atom is 0.138 e. The van der Waals surface area contributed by atoms with Crippen molar-refractivity contribution in [3.05, 3.63) is 0 Å². The molecule has 0 aliphatic carbocycles. The van der Waals surface area contributed by atoms with Crippen molar-refractivity contribution in [3.63, 3.8) is 0 Å². The maximum atomic E-state index is 11.4. The molecule has 2 heteroatoms. The van der Waals surface area contributed by atoms with Gasteiger partial charge in [0.05, 0.1) is 5.92 Å². The predicted molar refractivity (Wildman–Crippen MR) is 61.9 cm³/mol. The number of carbonyl (C=O) groups excluding carboxylic acids is 1. The van der Waals surface area contributed by atoms with Crippen LogP contribution in [-0.4, -0.2) is 18.0 Å². The number of hydrogen-bond acceptors (Lipinski definition) is 2.